The van der Waals surface area contributed by atoms with Gasteiger partial charge in [-0.05, 0) is 73.0 Å². The van der Waals surface area contributed by atoms with E-state index < -0.39 is 28.1 Å². The lowest BCUT2D eigenvalue weighted by Crippen LogP contribution is -2.32. The molecule has 37 heavy (non-hydrogen) atoms. The number of benzene rings is 3. The zero-order chi connectivity index (χ0) is 27.0. The molecule has 4 aromatic rings. The Kier molecular flexibility index (Phi) is 6.83. The number of carboxylic acids is 1. The summed E-state index contributed by atoms with van der Waals surface area (Å²) in [6.45, 7) is 3.30. The molecule has 3 aromatic carbocycles. The fraction of sp³-hybridized carbons (Fsp3) is 0.154. The van der Waals surface area contributed by atoms with Crippen molar-refractivity contribution in [3.8, 4) is 5.75 Å². The minimum absolute atomic E-state index is 0.0820. The average molecular weight is 531 g/mol. The Balaban J connectivity index is 1.82. The number of aryl methyl sites for hydroxylation is 2. The highest BCUT2D eigenvalue weighted by Gasteiger charge is 2.31. The molecule has 7 nitrogen and oxygen atoms in total. The summed E-state index contributed by atoms with van der Waals surface area (Å²) >= 11 is 0. The van der Waals surface area contributed by atoms with E-state index in [1.54, 1.807) is 13.0 Å². The Morgan fingerprint density at radius 2 is 1.62 bits per heavy atom. The van der Waals surface area contributed by atoms with Gasteiger partial charge in [0, 0.05) is 5.39 Å². The Morgan fingerprint density at radius 3 is 2.22 bits per heavy atom. The van der Waals surface area contributed by atoms with Gasteiger partial charge in [-0.25, -0.2) is 22.5 Å². The monoisotopic (exact) mass is 530 g/mol. The summed E-state index contributed by atoms with van der Waals surface area (Å²) < 4.78 is 70.2. The predicted octanol–water partition coefficient (Wildman–Crippen LogP) is 5.84. The van der Waals surface area contributed by atoms with Gasteiger partial charge in [-0.3, -0.25) is 0 Å². The molecule has 0 spiro atoms. The number of fused-ring (bicyclic) bond motifs is 1. The van der Waals surface area contributed by atoms with Crippen LogP contribution >= 0.6 is 0 Å². The molecule has 192 valence electrons. The third-order valence-electron chi connectivity index (χ3n) is 5.62. The van der Waals surface area contributed by atoms with Crippen molar-refractivity contribution in [3.05, 3.63) is 95.1 Å². The molecule has 4 rings (SSSR count). The number of hydrogen-bond acceptors (Lipinski definition) is 5. The molecule has 1 aromatic heterocycles. The maximum absolute atomic E-state index is 13.8. The second kappa shape index (κ2) is 9.74. The third-order valence-corrected chi connectivity index (χ3v) is 7.37. The molecule has 0 fully saturated rings. The van der Waals surface area contributed by atoms with Crippen LogP contribution < -0.4 is 9.04 Å². The maximum Gasteiger partial charge on any atom is 0.573 e. The topological polar surface area (TPSA) is 96.8 Å². The van der Waals surface area contributed by atoms with E-state index in [0.717, 1.165) is 27.4 Å². The van der Waals surface area contributed by atoms with Crippen molar-refractivity contribution in [2.24, 2.45) is 0 Å². The Labute approximate surface area is 210 Å². The zero-order valence-electron chi connectivity index (χ0n) is 19.7. The number of aromatic carboxylic acids is 1. The molecule has 0 aliphatic heterocycles. The van der Waals surface area contributed by atoms with E-state index >= 15 is 0 Å². The first-order valence-corrected chi connectivity index (χ1v) is 12.4. The van der Waals surface area contributed by atoms with Crippen molar-refractivity contribution in [3.63, 3.8) is 0 Å². The lowest BCUT2D eigenvalue weighted by molar-refractivity contribution is -0.274. The molecule has 1 heterocycles. The highest BCUT2D eigenvalue weighted by molar-refractivity contribution is 7.92. The minimum atomic E-state index is -4.86. The fourth-order valence-electron chi connectivity index (χ4n) is 3.83. The highest BCUT2D eigenvalue weighted by atomic mass is 32.2. The third kappa shape index (κ3) is 5.67. The molecule has 0 atom stereocenters. The summed E-state index contributed by atoms with van der Waals surface area (Å²) in [6, 6.07) is 17.0. The van der Waals surface area contributed by atoms with E-state index in [2.05, 4.69) is 9.72 Å². The van der Waals surface area contributed by atoms with Crippen molar-refractivity contribution in [2.45, 2.75) is 31.7 Å². The highest BCUT2D eigenvalue weighted by Crippen LogP contribution is 2.31. The lowest BCUT2D eigenvalue weighted by atomic mass is 10.1. The van der Waals surface area contributed by atoms with E-state index in [1.807, 2.05) is 25.1 Å². The molecular formula is C26H21F3N2O5S. The number of carbonyl (C=O) groups is 1. The van der Waals surface area contributed by atoms with E-state index in [-0.39, 0.29) is 22.8 Å². The van der Waals surface area contributed by atoms with Crippen LogP contribution in [0.5, 0.6) is 5.75 Å². The van der Waals surface area contributed by atoms with Gasteiger partial charge < -0.3 is 9.84 Å². The number of aromatic nitrogens is 1. The Morgan fingerprint density at radius 1 is 0.973 bits per heavy atom. The van der Waals surface area contributed by atoms with Crippen molar-refractivity contribution in [1.29, 1.82) is 0 Å². The van der Waals surface area contributed by atoms with Crippen LogP contribution in [0, 0.1) is 13.8 Å². The number of carboxylic acid groups (broad SMARTS) is 1. The van der Waals surface area contributed by atoms with Crippen LogP contribution in [0.15, 0.2) is 77.7 Å². The number of sulfonamides is 1. The summed E-state index contributed by atoms with van der Waals surface area (Å²) in [5, 5.41) is 9.98. The smallest absolute Gasteiger partial charge is 0.478 e. The molecule has 0 aliphatic rings. The van der Waals surface area contributed by atoms with Gasteiger partial charge in [-0.15, -0.1) is 13.2 Å². The molecule has 0 amide bonds. The number of halogens is 3. The van der Waals surface area contributed by atoms with Gasteiger partial charge >= 0.3 is 12.3 Å². The summed E-state index contributed by atoms with van der Waals surface area (Å²) in [5.74, 6) is -1.50. The van der Waals surface area contributed by atoms with Crippen LogP contribution in [-0.4, -0.2) is 30.8 Å². The molecular weight excluding hydrogens is 509 g/mol. The van der Waals surface area contributed by atoms with Crippen molar-refractivity contribution in [2.75, 3.05) is 4.31 Å². The molecule has 0 unspecified atom stereocenters. The van der Waals surface area contributed by atoms with E-state index in [1.165, 1.54) is 36.4 Å². The number of pyridine rings is 1. The number of anilines is 1. The minimum Gasteiger partial charge on any atom is -0.478 e. The number of para-hydroxylation sites is 1. The zero-order valence-corrected chi connectivity index (χ0v) is 20.5. The molecule has 1 N–H and O–H groups in total. The van der Waals surface area contributed by atoms with Crippen LogP contribution in [0.3, 0.4) is 0 Å². The van der Waals surface area contributed by atoms with Crippen molar-refractivity contribution >= 4 is 32.7 Å². The number of nitrogens with zero attached hydrogens (tertiary/aromatic N) is 2. The standard InChI is InChI=1S/C26H21F3N2O5S/c1-16-4-3-5-20-14-17(2)24(30-23(16)20)31(15-18-6-10-21(11-7-18)36-26(27,28)29)37(34,35)22-12-8-19(9-13-22)25(32)33/h3-14H,15H2,1-2H3,(H,32,33). The summed E-state index contributed by atoms with van der Waals surface area (Å²) in [7, 11) is -4.27. The first-order chi connectivity index (χ1) is 17.3. The normalized spacial score (nSPS) is 11.9. The largest absolute Gasteiger partial charge is 0.573 e. The Bertz CT molecular complexity index is 1570. The molecule has 0 saturated heterocycles. The summed E-state index contributed by atoms with van der Waals surface area (Å²) in [6.07, 6.45) is -4.86. The van der Waals surface area contributed by atoms with Crippen LogP contribution in [0.1, 0.15) is 27.0 Å². The second-order valence-corrected chi connectivity index (χ2v) is 10.2. The molecule has 0 radical (unpaired) electrons. The SMILES string of the molecule is Cc1cc2cccc(C)c2nc1N(Cc1ccc(OC(F)(F)F)cc1)S(=O)(=O)c1ccc(C(=O)O)cc1. The second-order valence-electron chi connectivity index (χ2n) is 8.31. The number of hydrogen-bond donors (Lipinski definition) is 1. The van der Waals surface area contributed by atoms with Gasteiger partial charge in [0.05, 0.1) is 22.5 Å². The predicted molar refractivity (Wildman–Crippen MR) is 131 cm³/mol. The van der Waals surface area contributed by atoms with Gasteiger partial charge in [-0.2, -0.15) is 0 Å². The van der Waals surface area contributed by atoms with Gasteiger partial charge in [0.2, 0.25) is 0 Å². The maximum atomic E-state index is 13.8. The molecule has 0 saturated carbocycles. The van der Waals surface area contributed by atoms with Gasteiger partial charge in [0.1, 0.15) is 11.6 Å². The Hall–Kier alpha value is -4.12. The van der Waals surface area contributed by atoms with Crippen LogP contribution in [0.25, 0.3) is 10.9 Å². The molecule has 0 aliphatic carbocycles. The van der Waals surface area contributed by atoms with Gasteiger partial charge in [0.15, 0.2) is 0 Å². The summed E-state index contributed by atoms with van der Waals surface area (Å²) in [5.41, 5.74) is 2.28. The van der Waals surface area contributed by atoms with E-state index in [9.17, 15) is 26.4 Å². The van der Waals surface area contributed by atoms with E-state index in [4.69, 9.17) is 5.11 Å². The van der Waals surface area contributed by atoms with E-state index in [0.29, 0.717) is 16.6 Å². The van der Waals surface area contributed by atoms with Crippen molar-refractivity contribution < 1.29 is 36.2 Å². The van der Waals surface area contributed by atoms with Crippen LogP contribution in [0.2, 0.25) is 0 Å². The van der Waals surface area contributed by atoms with Crippen LogP contribution in [0.4, 0.5) is 19.0 Å². The fourth-order valence-corrected chi connectivity index (χ4v) is 5.29. The van der Waals surface area contributed by atoms with Crippen molar-refractivity contribution in [1.82, 2.24) is 4.98 Å². The molecule has 11 heteroatoms. The van der Waals surface area contributed by atoms with Gasteiger partial charge in [-0.1, -0.05) is 30.3 Å². The first kappa shape index (κ1) is 26.0. The molecule has 0 bridgehead atoms. The number of ether oxygens (including phenoxy) is 1. The lowest BCUT2D eigenvalue weighted by Gasteiger charge is -2.26. The summed E-state index contributed by atoms with van der Waals surface area (Å²) in [4.78, 5) is 15.7. The quantitative estimate of drug-likeness (QED) is 0.322. The van der Waals surface area contributed by atoms with Gasteiger partial charge in [0.25, 0.3) is 10.0 Å². The number of rotatable bonds is 7. The first-order valence-electron chi connectivity index (χ1n) is 10.9. The van der Waals surface area contributed by atoms with Crippen LogP contribution in [-0.2, 0) is 16.6 Å². The number of alkyl halides is 3. The average Bonchev–Trinajstić information content (AvgIpc) is 2.83.